The first-order valence-corrected chi connectivity index (χ1v) is 4.32. The lowest BCUT2D eigenvalue weighted by Crippen LogP contribution is -2.02. The number of benzene rings is 1. The van der Waals surface area contributed by atoms with Gasteiger partial charge in [0, 0.05) is 0 Å². The molecule has 1 aromatic rings. The number of nitrogens with two attached hydrogens (primary N) is 1. The number of anilines is 1. The van der Waals surface area contributed by atoms with E-state index in [-0.39, 0.29) is 12.4 Å². The van der Waals surface area contributed by atoms with Crippen LogP contribution < -0.4 is 10.5 Å². The fourth-order valence-electron chi connectivity index (χ4n) is 1.15. The summed E-state index contributed by atoms with van der Waals surface area (Å²) >= 11 is 0. The van der Waals surface area contributed by atoms with Gasteiger partial charge in [-0.05, 0) is 6.92 Å². The van der Waals surface area contributed by atoms with E-state index in [2.05, 4.69) is 0 Å². The molecule has 0 fully saturated rings. The first-order chi connectivity index (χ1) is 7.47. The lowest BCUT2D eigenvalue weighted by molar-refractivity contribution is -0.392. The monoisotopic (exact) mass is 227 g/mol. The smallest absolute Gasteiger partial charge is 0.302 e. The summed E-state index contributed by atoms with van der Waals surface area (Å²) in [7, 11) is 0. The molecule has 0 aliphatic carbocycles. The van der Waals surface area contributed by atoms with Crippen LogP contribution in [0.3, 0.4) is 0 Å². The first kappa shape index (κ1) is 11.7. The second-order valence-electron chi connectivity index (χ2n) is 2.82. The summed E-state index contributed by atoms with van der Waals surface area (Å²) < 4.78 is 4.98. The van der Waals surface area contributed by atoms with Crippen LogP contribution in [0.5, 0.6) is 5.75 Å². The molecule has 0 aliphatic heterocycles. The van der Waals surface area contributed by atoms with Crippen molar-refractivity contribution in [3.8, 4) is 5.75 Å². The molecule has 1 rings (SSSR count). The number of hydrogen-bond acceptors (Lipinski definition) is 6. The zero-order valence-corrected chi connectivity index (χ0v) is 8.37. The Morgan fingerprint density at radius 3 is 2.00 bits per heavy atom. The molecule has 0 bridgehead atoms. The van der Waals surface area contributed by atoms with Gasteiger partial charge < -0.3 is 10.5 Å². The number of rotatable bonds is 4. The number of nitrogen functional groups attached to an aromatic ring is 1. The minimum atomic E-state index is -0.787. The molecular weight excluding hydrogens is 218 g/mol. The highest BCUT2D eigenvalue weighted by Crippen LogP contribution is 2.35. The number of ether oxygens (including phenoxy) is 1. The normalized spacial score (nSPS) is 9.81. The van der Waals surface area contributed by atoms with Gasteiger partial charge >= 0.3 is 11.4 Å². The molecular formula is C8H9N3O5. The SMILES string of the molecule is CCOc1cc([N+](=O)[O-])c(N)c([N+](=O)[O-])c1. The fraction of sp³-hybridized carbons (Fsp3) is 0.250. The fourth-order valence-corrected chi connectivity index (χ4v) is 1.15. The summed E-state index contributed by atoms with van der Waals surface area (Å²) in [5.74, 6) is 0.0510. The van der Waals surface area contributed by atoms with E-state index >= 15 is 0 Å². The highest BCUT2D eigenvalue weighted by Gasteiger charge is 2.24. The van der Waals surface area contributed by atoms with Gasteiger partial charge in [-0.2, -0.15) is 0 Å². The lowest BCUT2D eigenvalue weighted by atomic mass is 10.2. The Morgan fingerprint density at radius 1 is 1.25 bits per heavy atom. The van der Waals surface area contributed by atoms with Crippen LogP contribution in [0.2, 0.25) is 0 Å². The third-order valence-electron chi connectivity index (χ3n) is 1.81. The quantitative estimate of drug-likeness (QED) is 0.472. The maximum Gasteiger partial charge on any atom is 0.302 e. The molecule has 86 valence electrons. The minimum absolute atomic E-state index is 0.0510. The van der Waals surface area contributed by atoms with Gasteiger partial charge in [-0.15, -0.1) is 0 Å². The Kier molecular flexibility index (Phi) is 3.24. The van der Waals surface area contributed by atoms with E-state index in [9.17, 15) is 20.2 Å². The van der Waals surface area contributed by atoms with E-state index in [0.717, 1.165) is 12.1 Å². The minimum Gasteiger partial charge on any atom is -0.493 e. The molecule has 0 heterocycles. The Balaban J connectivity index is 3.38. The van der Waals surface area contributed by atoms with E-state index in [1.165, 1.54) is 0 Å². The third-order valence-corrected chi connectivity index (χ3v) is 1.81. The molecule has 0 atom stereocenters. The molecule has 0 unspecified atom stereocenters. The van der Waals surface area contributed by atoms with Crippen molar-refractivity contribution < 1.29 is 14.6 Å². The molecule has 0 aromatic heterocycles. The molecule has 2 N–H and O–H groups in total. The maximum atomic E-state index is 10.6. The van der Waals surface area contributed by atoms with E-state index in [0.29, 0.717) is 0 Å². The Labute approximate surface area is 89.9 Å². The van der Waals surface area contributed by atoms with Crippen LogP contribution in [0.25, 0.3) is 0 Å². The van der Waals surface area contributed by atoms with Gasteiger partial charge in [0.05, 0.1) is 28.6 Å². The van der Waals surface area contributed by atoms with Gasteiger partial charge in [-0.25, -0.2) is 0 Å². The molecule has 8 nitrogen and oxygen atoms in total. The summed E-state index contributed by atoms with van der Waals surface area (Å²) in [6.07, 6.45) is 0. The molecule has 8 heteroatoms. The average molecular weight is 227 g/mol. The van der Waals surface area contributed by atoms with E-state index in [1.807, 2.05) is 0 Å². The van der Waals surface area contributed by atoms with Crippen LogP contribution in [0.15, 0.2) is 12.1 Å². The van der Waals surface area contributed by atoms with Gasteiger partial charge in [-0.3, -0.25) is 20.2 Å². The van der Waals surface area contributed by atoms with Crippen molar-refractivity contribution in [2.75, 3.05) is 12.3 Å². The predicted molar refractivity (Wildman–Crippen MR) is 55.3 cm³/mol. The molecule has 0 saturated carbocycles. The Morgan fingerprint density at radius 2 is 1.69 bits per heavy atom. The first-order valence-electron chi connectivity index (χ1n) is 4.32. The van der Waals surface area contributed by atoms with Gasteiger partial charge in [-0.1, -0.05) is 0 Å². The van der Waals surface area contributed by atoms with Crippen LogP contribution in [-0.4, -0.2) is 16.5 Å². The molecule has 0 spiro atoms. The van der Waals surface area contributed by atoms with Crippen LogP contribution in [0.4, 0.5) is 17.1 Å². The van der Waals surface area contributed by atoms with Crippen LogP contribution >= 0.6 is 0 Å². The molecule has 0 aliphatic rings. The van der Waals surface area contributed by atoms with Gasteiger partial charge in [0.2, 0.25) is 0 Å². The second-order valence-corrected chi connectivity index (χ2v) is 2.82. The molecule has 0 radical (unpaired) electrons. The van der Waals surface area contributed by atoms with Crippen LogP contribution in [0.1, 0.15) is 6.92 Å². The van der Waals surface area contributed by atoms with Crippen LogP contribution in [-0.2, 0) is 0 Å². The molecule has 0 amide bonds. The second kappa shape index (κ2) is 4.43. The van der Waals surface area contributed by atoms with Crippen molar-refractivity contribution in [2.24, 2.45) is 0 Å². The number of hydrogen-bond donors (Lipinski definition) is 1. The Hall–Kier alpha value is -2.38. The van der Waals surface area contributed by atoms with Gasteiger partial charge in [0.25, 0.3) is 0 Å². The molecule has 0 saturated heterocycles. The number of nitrogens with zero attached hydrogens (tertiary/aromatic N) is 2. The largest absolute Gasteiger partial charge is 0.493 e. The lowest BCUT2D eigenvalue weighted by Gasteiger charge is -2.04. The van der Waals surface area contributed by atoms with Gasteiger partial charge in [0.15, 0.2) is 5.69 Å². The number of nitro benzene ring substituents is 2. The molecule has 1 aromatic carbocycles. The van der Waals surface area contributed by atoms with E-state index < -0.39 is 26.9 Å². The topological polar surface area (TPSA) is 122 Å². The molecule has 16 heavy (non-hydrogen) atoms. The zero-order chi connectivity index (χ0) is 12.3. The van der Waals surface area contributed by atoms with Gasteiger partial charge in [0.1, 0.15) is 5.75 Å². The zero-order valence-electron chi connectivity index (χ0n) is 8.37. The summed E-state index contributed by atoms with van der Waals surface area (Å²) in [5, 5.41) is 21.2. The maximum absolute atomic E-state index is 10.6. The summed E-state index contributed by atoms with van der Waals surface area (Å²) in [5.41, 5.74) is 3.78. The third kappa shape index (κ3) is 2.16. The van der Waals surface area contributed by atoms with Crippen molar-refractivity contribution in [3.63, 3.8) is 0 Å². The van der Waals surface area contributed by atoms with Crippen molar-refractivity contribution in [1.29, 1.82) is 0 Å². The van der Waals surface area contributed by atoms with Crippen molar-refractivity contribution in [1.82, 2.24) is 0 Å². The van der Waals surface area contributed by atoms with Crippen molar-refractivity contribution in [3.05, 3.63) is 32.4 Å². The predicted octanol–water partition coefficient (Wildman–Crippen LogP) is 1.48. The highest BCUT2D eigenvalue weighted by atomic mass is 16.6. The van der Waals surface area contributed by atoms with Crippen LogP contribution in [0, 0.1) is 20.2 Å². The van der Waals surface area contributed by atoms with E-state index in [4.69, 9.17) is 10.5 Å². The van der Waals surface area contributed by atoms with E-state index in [1.54, 1.807) is 6.92 Å². The summed E-state index contributed by atoms with van der Waals surface area (Å²) in [4.78, 5) is 19.6. The number of nitro groups is 2. The highest BCUT2D eigenvalue weighted by molar-refractivity contribution is 5.73. The average Bonchev–Trinajstić information content (AvgIpc) is 2.19. The standard InChI is InChI=1S/C8H9N3O5/c1-2-16-5-3-6(10(12)13)8(9)7(4-5)11(14)15/h3-4H,2,9H2,1H3. The summed E-state index contributed by atoms with van der Waals surface area (Å²) in [6, 6.07) is 2.12. The Bertz CT molecular complexity index is 410. The van der Waals surface area contributed by atoms with Crippen molar-refractivity contribution in [2.45, 2.75) is 6.92 Å². The summed E-state index contributed by atoms with van der Waals surface area (Å²) in [6.45, 7) is 1.91. The van der Waals surface area contributed by atoms with Crippen molar-refractivity contribution >= 4 is 17.1 Å².